The Kier molecular flexibility index (Phi) is 5.21. The zero-order valence-corrected chi connectivity index (χ0v) is 13.5. The summed E-state index contributed by atoms with van der Waals surface area (Å²) < 4.78 is 5.84. The average Bonchev–Trinajstić information content (AvgIpc) is 3.08. The number of rotatable bonds is 4. The van der Waals surface area contributed by atoms with Crippen molar-refractivity contribution < 1.29 is 9.53 Å². The lowest BCUT2D eigenvalue weighted by atomic mass is 9.98. The molecule has 2 fully saturated rings. The highest BCUT2D eigenvalue weighted by molar-refractivity contribution is 6.32. The highest BCUT2D eigenvalue weighted by atomic mass is 35.5. The number of halogens is 1. The van der Waals surface area contributed by atoms with Crippen LogP contribution in [0.15, 0.2) is 24.3 Å². The zero-order chi connectivity index (χ0) is 15.4. The molecule has 2 aliphatic rings. The van der Waals surface area contributed by atoms with E-state index in [0.29, 0.717) is 17.5 Å². The van der Waals surface area contributed by atoms with E-state index >= 15 is 0 Å². The molecule has 1 N–H and O–H groups in total. The van der Waals surface area contributed by atoms with E-state index in [1.807, 2.05) is 29.2 Å². The van der Waals surface area contributed by atoms with Crippen LogP contribution in [-0.4, -0.2) is 43.1 Å². The number of nitrogens with zero attached hydrogens (tertiary/aromatic N) is 1. The van der Waals surface area contributed by atoms with E-state index < -0.39 is 0 Å². The van der Waals surface area contributed by atoms with E-state index in [4.69, 9.17) is 16.3 Å². The van der Waals surface area contributed by atoms with Gasteiger partial charge in [-0.3, -0.25) is 4.79 Å². The summed E-state index contributed by atoms with van der Waals surface area (Å²) in [6, 6.07) is 7.56. The normalized spacial score (nSPS) is 25.2. The van der Waals surface area contributed by atoms with Crippen LogP contribution in [0.1, 0.15) is 25.7 Å². The average molecular weight is 323 g/mol. The van der Waals surface area contributed by atoms with E-state index in [-0.39, 0.29) is 11.9 Å². The largest absolute Gasteiger partial charge is 0.492 e. The summed E-state index contributed by atoms with van der Waals surface area (Å²) in [5.41, 5.74) is 0. The third-order valence-electron chi connectivity index (χ3n) is 4.50. The number of likely N-dealkylation sites (tertiary alicyclic amines) is 1. The third-order valence-corrected chi connectivity index (χ3v) is 4.81. The summed E-state index contributed by atoms with van der Waals surface area (Å²) in [6.45, 7) is 3.25. The Morgan fingerprint density at radius 2 is 2.18 bits per heavy atom. The van der Waals surface area contributed by atoms with Gasteiger partial charge in [-0.15, -0.1) is 0 Å². The highest BCUT2D eigenvalue weighted by Gasteiger charge is 2.30. The second-order valence-corrected chi connectivity index (χ2v) is 6.59. The monoisotopic (exact) mass is 322 g/mol. The first-order chi connectivity index (χ1) is 10.7. The Morgan fingerprint density at radius 1 is 1.32 bits per heavy atom. The lowest BCUT2D eigenvalue weighted by Crippen LogP contribution is -2.48. The van der Waals surface area contributed by atoms with E-state index in [1.165, 1.54) is 0 Å². The van der Waals surface area contributed by atoms with Gasteiger partial charge in [0.05, 0.1) is 17.7 Å². The predicted molar refractivity (Wildman–Crippen MR) is 87.3 cm³/mol. The quantitative estimate of drug-likeness (QED) is 0.926. The van der Waals surface area contributed by atoms with Crippen molar-refractivity contribution in [3.05, 3.63) is 29.3 Å². The number of carbonyl (C=O) groups is 1. The van der Waals surface area contributed by atoms with Crippen molar-refractivity contribution in [2.75, 3.05) is 26.2 Å². The van der Waals surface area contributed by atoms with Crippen molar-refractivity contribution in [3.8, 4) is 5.75 Å². The van der Waals surface area contributed by atoms with Gasteiger partial charge in [0, 0.05) is 19.0 Å². The van der Waals surface area contributed by atoms with E-state index in [9.17, 15) is 4.79 Å². The summed E-state index contributed by atoms with van der Waals surface area (Å²) in [6.07, 6.45) is 4.22. The summed E-state index contributed by atoms with van der Waals surface area (Å²) >= 11 is 6.11. The maximum atomic E-state index is 12.5. The lowest BCUT2D eigenvalue weighted by molar-refractivity contribution is -0.135. The Morgan fingerprint density at radius 3 is 2.95 bits per heavy atom. The number of para-hydroxylation sites is 1. The van der Waals surface area contributed by atoms with Crippen LogP contribution in [0.4, 0.5) is 0 Å². The first kappa shape index (κ1) is 15.6. The molecule has 0 bridgehead atoms. The number of hydrogen-bond acceptors (Lipinski definition) is 3. The molecule has 0 unspecified atom stereocenters. The molecule has 0 aliphatic carbocycles. The molecular formula is C17H23ClN2O2. The van der Waals surface area contributed by atoms with Crippen LogP contribution >= 0.6 is 11.6 Å². The van der Waals surface area contributed by atoms with Crippen molar-refractivity contribution >= 4 is 17.5 Å². The van der Waals surface area contributed by atoms with Crippen LogP contribution in [0, 0.1) is 5.92 Å². The minimum absolute atomic E-state index is 0.0308. The number of nitrogens with one attached hydrogen (secondary N) is 1. The molecular weight excluding hydrogens is 300 g/mol. The van der Waals surface area contributed by atoms with Crippen molar-refractivity contribution in [2.24, 2.45) is 5.92 Å². The Balaban J connectivity index is 1.52. The maximum absolute atomic E-state index is 12.5. The SMILES string of the molecule is O=C([C@H]1CCCN1)N1CCC[C@H](COc2ccccc2Cl)C1. The molecule has 1 aromatic carbocycles. The summed E-state index contributed by atoms with van der Waals surface area (Å²) in [5.74, 6) is 1.38. The van der Waals surface area contributed by atoms with E-state index in [2.05, 4.69) is 5.32 Å². The fraction of sp³-hybridized carbons (Fsp3) is 0.588. The van der Waals surface area contributed by atoms with Gasteiger partial charge in [0.1, 0.15) is 5.75 Å². The van der Waals surface area contributed by atoms with Crippen molar-refractivity contribution in [1.82, 2.24) is 10.2 Å². The second-order valence-electron chi connectivity index (χ2n) is 6.18. The van der Waals surface area contributed by atoms with Gasteiger partial charge in [-0.25, -0.2) is 0 Å². The Hall–Kier alpha value is -1.26. The summed E-state index contributed by atoms with van der Waals surface area (Å²) in [7, 11) is 0. The molecule has 22 heavy (non-hydrogen) atoms. The van der Waals surface area contributed by atoms with Gasteiger partial charge in [-0.2, -0.15) is 0 Å². The first-order valence-corrected chi connectivity index (χ1v) is 8.51. The fourth-order valence-corrected chi connectivity index (χ4v) is 3.48. The molecule has 0 spiro atoms. The highest BCUT2D eigenvalue weighted by Crippen LogP contribution is 2.25. The summed E-state index contributed by atoms with van der Waals surface area (Å²) in [4.78, 5) is 14.5. The topological polar surface area (TPSA) is 41.6 Å². The van der Waals surface area contributed by atoms with E-state index in [1.54, 1.807) is 0 Å². The molecule has 2 atom stereocenters. The number of amides is 1. The standard InChI is InChI=1S/C17H23ClN2O2/c18-14-6-1-2-8-16(14)22-12-13-5-4-10-20(11-13)17(21)15-7-3-9-19-15/h1-2,6,8,13,15,19H,3-5,7,9-12H2/t13-,15+/m0/s1. The predicted octanol–water partition coefficient (Wildman–Crippen LogP) is 2.71. The molecule has 4 nitrogen and oxygen atoms in total. The minimum atomic E-state index is 0.0308. The molecule has 2 aliphatic heterocycles. The molecule has 0 radical (unpaired) electrons. The van der Waals surface area contributed by atoms with Gasteiger partial charge in [-0.05, 0) is 44.4 Å². The number of piperidine rings is 1. The zero-order valence-electron chi connectivity index (χ0n) is 12.8. The molecule has 2 heterocycles. The van der Waals surface area contributed by atoms with Gasteiger partial charge in [0.15, 0.2) is 0 Å². The maximum Gasteiger partial charge on any atom is 0.239 e. The van der Waals surface area contributed by atoms with Crippen LogP contribution < -0.4 is 10.1 Å². The molecule has 5 heteroatoms. The van der Waals surface area contributed by atoms with Gasteiger partial charge in [0.2, 0.25) is 5.91 Å². The molecule has 0 saturated carbocycles. The van der Waals surface area contributed by atoms with Gasteiger partial charge >= 0.3 is 0 Å². The molecule has 120 valence electrons. The fourth-order valence-electron chi connectivity index (χ4n) is 3.29. The van der Waals surface area contributed by atoms with Crippen LogP contribution in [-0.2, 0) is 4.79 Å². The number of hydrogen-bond donors (Lipinski definition) is 1. The molecule has 2 saturated heterocycles. The number of benzene rings is 1. The molecule has 1 aromatic rings. The Labute approximate surface area is 136 Å². The lowest BCUT2D eigenvalue weighted by Gasteiger charge is -2.34. The summed E-state index contributed by atoms with van der Waals surface area (Å²) in [5, 5.41) is 3.93. The van der Waals surface area contributed by atoms with Crippen molar-refractivity contribution in [2.45, 2.75) is 31.7 Å². The van der Waals surface area contributed by atoms with Gasteiger partial charge in [0.25, 0.3) is 0 Å². The second kappa shape index (κ2) is 7.34. The minimum Gasteiger partial charge on any atom is -0.492 e. The van der Waals surface area contributed by atoms with Crippen molar-refractivity contribution in [3.63, 3.8) is 0 Å². The van der Waals surface area contributed by atoms with Crippen molar-refractivity contribution in [1.29, 1.82) is 0 Å². The molecule has 0 aromatic heterocycles. The number of carbonyl (C=O) groups excluding carboxylic acids is 1. The van der Waals surface area contributed by atoms with Crippen LogP contribution in [0.5, 0.6) is 5.75 Å². The molecule has 1 amide bonds. The third kappa shape index (κ3) is 3.73. The number of ether oxygens (including phenoxy) is 1. The van der Waals surface area contributed by atoms with Crippen LogP contribution in [0.25, 0.3) is 0 Å². The Bertz CT molecular complexity index is 517. The smallest absolute Gasteiger partial charge is 0.239 e. The molecule has 3 rings (SSSR count). The van der Waals surface area contributed by atoms with Gasteiger partial charge < -0.3 is 15.0 Å². The van der Waals surface area contributed by atoms with E-state index in [0.717, 1.165) is 51.1 Å². The van der Waals surface area contributed by atoms with Crippen LogP contribution in [0.2, 0.25) is 5.02 Å². The van der Waals surface area contributed by atoms with Crippen LogP contribution in [0.3, 0.4) is 0 Å². The van der Waals surface area contributed by atoms with Gasteiger partial charge in [-0.1, -0.05) is 23.7 Å². The first-order valence-electron chi connectivity index (χ1n) is 8.13.